The summed E-state index contributed by atoms with van der Waals surface area (Å²) in [5.41, 5.74) is -1.52. The number of ether oxygens (including phenoxy) is 7. The van der Waals surface area contributed by atoms with Gasteiger partial charge in [0.05, 0.1) is 52.5 Å². The molecule has 0 spiro atoms. The highest BCUT2D eigenvalue weighted by Crippen LogP contribution is 2.32. The summed E-state index contributed by atoms with van der Waals surface area (Å²) in [5, 5.41) is 12.6. The predicted molar refractivity (Wildman–Crippen MR) is 204 cm³/mol. The molecule has 4 rings (SSSR count). The highest BCUT2D eigenvalue weighted by Gasteiger charge is 2.36. The largest absolute Gasteiger partial charge is 0.461 e. The van der Waals surface area contributed by atoms with Gasteiger partial charge in [-0.05, 0) is 12.0 Å². The summed E-state index contributed by atoms with van der Waals surface area (Å²) in [7, 11) is 0. The minimum Gasteiger partial charge on any atom is -0.461 e. The van der Waals surface area contributed by atoms with Crippen LogP contribution in [0.4, 0.5) is 65.9 Å². The van der Waals surface area contributed by atoms with Crippen LogP contribution in [0.2, 0.25) is 0 Å². The second kappa shape index (κ2) is 26.0. The molecule has 2 N–H and O–H groups in total. The van der Waals surface area contributed by atoms with E-state index in [0.29, 0.717) is 5.56 Å². The van der Waals surface area contributed by atoms with Crippen molar-refractivity contribution in [3.05, 3.63) is 123 Å². The fourth-order valence-corrected chi connectivity index (χ4v) is 5.65. The van der Waals surface area contributed by atoms with E-state index >= 15 is 0 Å². The zero-order valence-corrected chi connectivity index (χ0v) is 35.8. The number of nitrogens with one attached hydrogen (secondary N) is 1. The molecule has 71 heavy (non-hydrogen) atoms. The van der Waals surface area contributed by atoms with E-state index in [0.717, 1.165) is 0 Å². The van der Waals surface area contributed by atoms with Crippen molar-refractivity contribution in [3.8, 4) is 17.2 Å². The third-order valence-corrected chi connectivity index (χ3v) is 9.17. The standard InChI is InChI=1S/C43H34F15NO12/c44-25-28(47)34(53)40(35(54)29(25)48)69-22(62)9-12-65-16-43(59-20(60)7-4-8-21(61)68-15-19-5-2-1-3-6-19,17-66-13-10-23(63)70-41-36(55)30(49)26(45)31(50)37(41)56)18-67-14-11-24(64)71-42-38(57)32(51)27(46)33(52)39(42)58/h1-3,5-6,22,62H,4,7-18H2,(H,59,60). The van der Waals surface area contributed by atoms with Gasteiger partial charge < -0.3 is 43.6 Å². The van der Waals surface area contributed by atoms with Crippen molar-refractivity contribution in [1.29, 1.82) is 0 Å². The first-order valence-electron chi connectivity index (χ1n) is 20.0. The van der Waals surface area contributed by atoms with Crippen molar-refractivity contribution >= 4 is 23.8 Å². The first-order valence-corrected chi connectivity index (χ1v) is 20.0. The van der Waals surface area contributed by atoms with Gasteiger partial charge in [0.25, 0.3) is 0 Å². The molecule has 1 unspecified atom stereocenters. The lowest BCUT2D eigenvalue weighted by Gasteiger charge is -2.34. The van der Waals surface area contributed by atoms with Crippen molar-refractivity contribution in [2.75, 3.05) is 39.6 Å². The van der Waals surface area contributed by atoms with E-state index in [1.807, 2.05) is 0 Å². The number of rotatable bonds is 26. The number of esters is 3. The van der Waals surface area contributed by atoms with Gasteiger partial charge in [0, 0.05) is 19.3 Å². The van der Waals surface area contributed by atoms with Crippen LogP contribution in [0, 0.1) is 87.3 Å². The number of hydrogen-bond acceptors (Lipinski definition) is 12. The van der Waals surface area contributed by atoms with Gasteiger partial charge in [0.2, 0.25) is 105 Å². The van der Waals surface area contributed by atoms with Crippen LogP contribution in [0.25, 0.3) is 0 Å². The zero-order valence-electron chi connectivity index (χ0n) is 35.8. The van der Waals surface area contributed by atoms with Gasteiger partial charge >= 0.3 is 17.9 Å². The Morgan fingerprint density at radius 1 is 0.479 bits per heavy atom. The van der Waals surface area contributed by atoms with E-state index in [9.17, 15) is 90.1 Å². The van der Waals surface area contributed by atoms with E-state index in [2.05, 4.69) is 19.5 Å². The van der Waals surface area contributed by atoms with Crippen LogP contribution in [-0.2, 0) is 44.7 Å². The lowest BCUT2D eigenvalue weighted by Crippen LogP contribution is -2.58. The number of aliphatic hydroxyl groups is 1. The highest BCUT2D eigenvalue weighted by atomic mass is 19.2. The third-order valence-electron chi connectivity index (χ3n) is 9.17. The molecule has 0 bridgehead atoms. The Morgan fingerprint density at radius 2 is 0.859 bits per heavy atom. The first-order chi connectivity index (χ1) is 33.5. The quantitative estimate of drug-likeness (QED) is 0.0120. The Bertz CT molecular complexity index is 2400. The minimum atomic E-state index is -2.57. The average Bonchev–Trinajstić information content (AvgIpc) is 3.35. The van der Waals surface area contributed by atoms with Gasteiger partial charge in [-0.15, -0.1) is 0 Å². The number of aliphatic hydroxyl groups excluding tert-OH is 1. The van der Waals surface area contributed by atoms with Crippen LogP contribution in [0.1, 0.15) is 44.1 Å². The molecule has 0 heterocycles. The topological polar surface area (TPSA) is 165 Å². The lowest BCUT2D eigenvalue weighted by atomic mass is 10.0. The second-order valence-electron chi connectivity index (χ2n) is 14.5. The average molecular weight is 1040 g/mol. The summed E-state index contributed by atoms with van der Waals surface area (Å²) in [5.74, 6) is -48.3. The van der Waals surface area contributed by atoms with Gasteiger partial charge in [0.1, 0.15) is 12.1 Å². The maximum absolute atomic E-state index is 14.2. The molecule has 0 saturated heterocycles. The Balaban J connectivity index is 1.52. The monoisotopic (exact) mass is 1040 g/mol. The molecule has 0 aromatic heterocycles. The van der Waals surface area contributed by atoms with Crippen molar-refractivity contribution in [3.63, 3.8) is 0 Å². The molecule has 0 saturated carbocycles. The molecule has 0 radical (unpaired) electrons. The van der Waals surface area contributed by atoms with Crippen LogP contribution in [0.5, 0.6) is 17.2 Å². The molecular formula is C43H34F15NO12. The Hall–Kier alpha value is -6.65. The maximum Gasteiger partial charge on any atom is 0.313 e. The summed E-state index contributed by atoms with van der Waals surface area (Å²) < 4.78 is 242. The molecule has 4 aromatic carbocycles. The lowest BCUT2D eigenvalue weighted by molar-refractivity contribution is -0.145. The van der Waals surface area contributed by atoms with Gasteiger partial charge in [-0.3, -0.25) is 19.2 Å². The fraction of sp³-hybridized carbons (Fsp3) is 0.349. The van der Waals surface area contributed by atoms with E-state index < -0.39 is 205 Å². The van der Waals surface area contributed by atoms with E-state index in [-0.39, 0.29) is 19.4 Å². The molecule has 28 heteroatoms. The summed E-state index contributed by atoms with van der Waals surface area (Å²) >= 11 is 0. The minimum absolute atomic E-state index is 0.132. The number of halogens is 15. The molecule has 13 nitrogen and oxygen atoms in total. The number of carbonyl (C=O) groups is 4. The normalized spacial score (nSPS) is 11.9. The summed E-state index contributed by atoms with van der Waals surface area (Å²) in [4.78, 5) is 50.5. The Morgan fingerprint density at radius 3 is 1.28 bits per heavy atom. The fourth-order valence-electron chi connectivity index (χ4n) is 5.65. The second-order valence-corrected chi connectivity index (χ2v) is 14.5. The molecule has 0 aliphatic carbocycles. The first kappa shape index (κ1) is 56.9. The molecule has 0 fully saturated rings. The van der Waals surface area contributed by atoms with Gasteiger partial charge in [-0.1, -0.05) is 30.3 Å². The number of benzene rings is 4. The van der Waals surface area contributed by atoms with Gasteiger partial charge in [-0.25, -0.2) is 39.5 Å². The van der Waals surface area contributed by atoms with E-state index in [4.69, 9.17) is 18.9 Å². The van der Waals surface area contributed by atoms with E-state index in [1.54, 1.807) is 30.3 Å². The third kappa shape index (κ3) is 15.2. The molecule has 1 atom stereocenters. The van der Waals surface area contributed by atoms with Gasteiger partial charge in [0.15, 0.2) is 12.0 Å². The number of hydrogen-bond donors (Lipinski definition) is 2. The number of amides is 1. The molecular weight excluding hydrogens is 1010 g/mol. The van der Waals surface area contributed by atoms with Crippen molar-refractivity contribution in [2.45, 2.75) is 57.0 Å². The van der Waals surface area contributed by atoms with Crippen LogP contribution in [-0.4, -0.2) is 80.4 Å². The summed E-state index contributed by atoms with van der Waals surface area (Å²) in [6, 6.07) is 8.36. The SMILES string of the molecule is O=C(CCCC(=O)OCc1ccccc1)NC(COCCC(=O)Oc1c(F)c(F)c(F)c(F)c1F)(COCCC(=O)Oc1c(F)c(F)c(F)c(F)c1F)COCCC(O)Oc1c(F)c(F)c(F)c(F)c1F. The van der Waals surface area contributed by atoms with Crippen LogP contribution >= 0.6 is 0 Å². The van der Waals surface area contributed by atoms with Crippen LogP contribution in [0.3, 0.4) is 0 Å². The summed E-state index contributed by atoms with van der Waals surface area (Å²) in [6.45, 7) is -5.46. The van der Waals surface area contributed by atoms with Crippen molar-refractivity contribution in [1.82, 2.24) is 5.32 Å². The predicted octanol–water partition coefficient (Wildman–Crippen LogP) is 7.67. The van der Waals surface area contributed by atoms with Gasteiger partial charge in [-0.2, -0.15) is 26.3 Å². The van der Waals surface area contributed by atoms with Crippen molar-refractivity contribution < 1.29 is 123 Å². The molecule has 1 amide bonds. The van der Waals surface area contributed by atoms with E-state index in [1.165, 1.54) is 0 Å². The molecule has 388 valence electrons. The molecule has 0 aliphatic rings. The molecule has 4 aromatic rings. The highest BCUT2D eigenvalue weighted by molar-refractivity contribution is 5.78. The Kier molecular flexibility index (Phi) is 20.8. The van der Waals surface area contributed by atoms with Crippen LogP contribution < -0.4 is 19.5 Å². The number of carbonyl (C=O) groups excluding carboxylic acids is 4. The van der Waals surface area contributed by atoms with Crippen LogP contribution in [0.15, 0.2) is 30.3 Å². The molecule has 0 aliphatic heterocycles. The smallest absolute Gasteiger partial charge is 0.313 e. The zero-order chi connectivity index (χ0) is 52.7. The van der Waals surface area contributed by atoms with Crippen molar-refractivity contribution in [2.24, 2.45) is 0 Å². The Labute approximate surface area is 389 Å². The summed E-state index contributed by atoms with van der Waals surface area (Å²) in [6.07, 6.45) is -6.40. The maximum atomic E-state index is 14.2.